The Hall–Kier alpha value is -1.26. The molecular weight excluding hydrogens is 300 g/mol. The molecule has 1 aromatic carbocycles. The van der Waals surface area contributed by atoms with Crippen molar-refractivity contribution in [2.75, 3.05) is 13.1 Å². The molecule has 1 amide bonds. The summed E-state index contributed by atoms with van der Waals surface area (Å²) in [6.45, 7) is 11.8. The summed E-state index contributed by atoms with van der Waals surface area (Å²) in [5.41, 5.74) is 0. The summed E-state index contributed by atoms with van der Waals surface area (Å²) in [7, 11) is 0. The Kier molecular flexibility index (Phi) is 7.69. The van der Waals surface area contributed by atoms with Gasteiger partial charge < -0.3 is 10.1 Å². The first-order valence-corrected chi connectivity index (χ1v) is 8.14. The number of rotatable bonds is 8. The second-order valence-electron chi connectivity index (χ2n) is 5.93. The fourth-order valence-electron chi connectivity index (χ4n) is 2.36. The number of hydrogen-bond acceptors (Lipinski definition) is 3. The minimum atomic E-state index is -0.551. The normalized spacial score (nSPS) is 12.8. The van der Waals surface area contributed by atoms with E-state index in [2.05, 4.69) is 37.9 Å². The summed E-state index contributed by atoms with van der Waals surface area (Å²) in [5.74, 6) is 0.480. The van der Waals surface area contributed by atoms with Crippen LogP contribution >= 0.6 is 11.6 Å². The summed E-state index contributed by atoms with van der Waals surface area (Å²) >= 11 is 5.90. The molecule has 0 aliphatic heterocycles. The van der Waals surface area contributed by atoms with E-state index in [0.717, 1.165) is 6.54 Å². The Morgan fingerprint density at radius 2 is 1.86 bits per heavy atom. The fourth-order valence-corrected chi connectivity index (χ4v) is 2.54. The van der Waals surface area contributed by atoms with E-state index in [1.165, 1.54) is 0 Å². The van der Waals surface area contributed by atoms with Crippen LogP contribution in [0.25, 0.3) is 0 Å². The summed E-state index contributed by atoms with van der Waals surface area (Å²) in [4.78, 5) is 14.4. The quantitative estimate of drug-likeness (QED) is 0.796. The minimum absolute atomic E-state index is 0.118. The SMILES string of the molecule is CC(Oc1cccc(Cl)c1)C(=O)NCCN(C(C)C)C(C)C. The Morgan fingerprint density at radius 1 is 1.23 bits per heavy atom. The highest BCUT2D eigenvalue weighted by Crippen LogP contribution is 2.18. The van der Waals surface area contributed by atoms with E-state index in [9.17, 15) is 4.79 Å². The van der Waals surface area contributed by atoms with Gasteiger partial charge >= 0.3 is 0 Å². The Balaban J connectivity index is 2.41. The number of hydrogen-bond donors (Lipinski definition) is 1. The van der Waals surface area contributed by atoms with Crippen LogP contribution in [0.4, 0.5) is 0 Å². The van der Waals surface area contributed by atoms with Gasteiger partial charge in [-0.05, 0) is 52.8 Å². The molecule has 124 valence electrons. The molecule has 0 saturated carbocycles. The highest BCUT2D eigenvalue weighted by atomic mass is 35.5. The number of ether oxygens (including phenoxy) is 1. The summed E-state index contributed by atoms with van der Waals surface area (Å²) in [6.07, 6.45) is -0.551. The van der Waals surface area contributed by atoms with E-state index in [4.69, 9.17) is 16.3 Å². The van der Waals surface area contributed by atoms with Crippen LogP contribution in [0.3, 0.4) is 0 Å². The summed E-state index contributed by atoms with van der Waals surface area (Å²) < 4.78 is 5.60. The number of nitrogens with zero attached hydrogens (tertiary/aromatic N) is 1. The van der Waals surface area contributed by atoms with E-state index >= 15 is 0 Å². The van der Waals surface area contributed by atoms with Gasteiger partial charge in [0.05, 0.1) is 0 Å². The van der Waals surface area contributed by atoms with Crippen LogP contribution in [-0.2, 0) is 4.79 Å². The topological polar surface area (TPSA) is 41.6 Å². The molecule has 0 radical (unpaired) electrons. The van der Waals surface area contributed by atoms with Gasteiger partial charge in [-0.25, -0.2) is 0 Å². The lowest BCUT2D eigenvalue weighted by Crippen LogP contribution is -2.44. The summed E-state index contributed by atoms with van der Waals surface area (Å²) in [6, 6.07) is 7.96. The van der Waals surface area contributed by atoms with Crippen molar-refractivity contribution in [2.45, 2.75) is 52.8 Å². The average molecular weight is 327 g/mol. The predicted octanol–water partition coefficient (Wildman–Crippen LogP) is 3.34. The van der Waals surface area contributed by atoms with Crippen LogP contribution in [0.5, 0.6) is 5.75 Å². The van der Waals surface area contributed by atoms with E-state index in [1.54, 1.807) is 31.2 Å². The lowest BCUT2D eigenvalue weighted by Gasteiger charge is -2.30. The lowest BCUT2D eigenvalue weighted by molar-refractivity contribution is -0.127. The van der Waals surface area contributed by atoms with E-state index in [1.807, 2.05) is 0 Å². The second-order valence-corrected chi connectivity index (χ2v) is 6.37. The largest absolute Gasteiger partial charge is 0.481 e. The molecule has 1 unspecified atom stereocenters. The van der Waals surface area contributed by atoms with Crippen molar-refractivity contribution in [1.29, 1.82) is 0 Å². The van der Waals surface area contributed by atoms with Crippen molar-refractivity contribution in [3.8, 4) is 5.75 Å². The van der Waals surface area contributed by atoms with Gasteiger partial charge in [0.1, 0.15) is 5.75 Å². The van der Waals surface area contributed by atoms with Crippen molar-refractivity contribution >= 4 is 17.5 Å². The van der Waals surface area contributed by atoms with Crippen molar-refractivity contribution in [2.24, 2.45) is 0 Å². The van der Waals surface area contributed by atoms with Crippen LogP contribution < -0.4 is 10.1 Å². The first-order chi connectivity index (χ1) is 10.3. The molecule has 0 aliphatic rings. The van der Waals surface area contributed by atoms with Gasteiger partial charge in [-0.15, -0.1) is 0 Å². The molecule has 5 heteroatoms. The van der Waals surface area contributed by atoms with Gasteiger partial charge in [0.15, 0.2) is 6.10 Å². The molecule has 0 fully saturated rings. The number of carbonyl (C=O) groups is 1. The second kappa shape index (κ2) is 9.01. The Morgan fingerprint density at radius 3 is 2.41 bits per heavy atom. The molecule has 0 aliphatic carbocycles. The number of amides is 1. The maximum absolute atomic E-state index is 12.1. The van der Waals surface area contributed by atoms with Gasteiger partial charge in [0.25, 0.3) is 5.91 Å². The van der Waals surface area contributed by atoms with Crippen LogP contribution in [0, 0.1) is 0 Å². The molecule has 22 heavy (non-hydrogen) atoms. The van der Waals surface area contributed by atoms with Gasteiger partial charge in [-0.1, -0.05) is 17.7 Å². The zero-order chi connectivity index (χ0) is 16.7. The summed E-state index contributed by atoms with van der Waals surface area (Å²) in [5, 5.41) is 3.51. The smallest absolute Gasteiger partial charge is 0.260 e. The van der Waals surface area contributed by atoms with E-state index in [0.29, 0.717) is 29.4 Å². The first-order valence-electron chi connectivity index (χ1n) is 7.77. The molecule has 1 aromatic rings. The van der Waals surface area contributed by atoms with Gasteiger partial charge in [0, 0.05) is 30.2 Å². The number of benzene rings is 1. The molecular formula is C17H27ClN2O2. The Labute approximate surface area is 138 Å². The standard InChI is InChI=1S/C17H27ClN2O2/c1-12(2)20(13(3)4)10-9-19-17(21)14(5)22-16-8-6-7-15(18)11-16/h6-8,11-14H,9-10H2,1-5H3,(H,19,21). The molecule has 4 nitrogen and oxygen atoms in total. The van der Waals surface area contributed by atoms with Crippen molar-refractivity contribution in [3.05, 3.63) is 29.3 Å². The molecule has 0 aromatic heterocycles. The molecule has 0 bridgehead atoms. The molecule has 1 N–H and O–H groups in total. The third-order valence-corrected chi connectivity index (χ3v) is 3.71. The molecule has 1 atom stereocenters. The van der Waals surface area contributed by atoms with Gasteiger partial charge in [0.2, 0.25) is 0 Å². The minimum Gasteiger partial charge on any atom is -0.481 e. The maximum Gasteiger partial charge on any atom is 0.260 e. The highest BCUT2D eigenvalue weighted by Gasteiger charge is 2.16. The zero-order valence-corrected chi connectivity index (χ0v) is 14.9. The maximum atomic E-state index is 12.1. The van der Waals surface area contributed by atoms with Crippen molar-refractivity contribution < 1.29 is 9.53 Å². The van der Waals surface area contributed by atoms with Crippen molar-refractivity contribution in [3.63, 3.8) is 0 Å². The van der Waals surface area contributed by atoms with E-state index in [-0.39, 0.29) is 5.91 Å². The van der Waals surface area contributed by atoms with Crippen molar-refractivity contribution in [1.82, 2.24) is 10.2 Å². The molecule has 0 saturated heterocycles. The fraction of sp³-hybridized carbons (Fsp3) is 0.588. The number of carbonyl (C=O) groups excluding carboxylic acids is 1. The third kappa shape index (κ3) is 6.24. The lowest BCUT2D eigenvalue weighted by atomic mass is 10.2. The molecule has 0 heterocycles. The highest BCUT2D eigenvalue weighted by molar-refractivity contribution is 6.30. The monoisotopic (exact) mass is 326 g/mol. The van der Waals surface area contributed by atoms with Crippen LogP contribution in [0.1, 0.15) is 34.6 Å². The van der Waals surface area contributed by atoms with Crippen LogP contribution in [-0.4, -0.2) is 42.1 Å². The predicted molar refractivity (Wildman–Crippen MR) is 91.5 cm³/mol. The molecule has 0 spiro atoms. The number of nitrogens with one attached hydrogen (secondary N) is 1. The Bertz CT molecular complexity index is 469. The number of halogens is 1. The van der Waals surface area contributed by atoms with Crippen LogP contribution in [0.2, 0.25) is 5.02 Å². The van der Waals surface area contributed by atoms with Crippen LogP contribution in [0.15, 0.2) is 24.3 Å². The average Bonchev–Trinajstić information content (AvgIpc) is 2.42. The zero-order valence-electron chi connectivity index (χ0n) is 14.1. The van der Waals surface area contributed by atoms with Gasteiger partial charge in [-0.2, -0.15) is 0 Å². The third-order valence-electron chi connectivity index (χ3n) is 3.47. The van der Waals surface area contributed by atoms with E-state index < -0.39 is 6.10 Å². The van der Waals surface area contributed by atoms with Gasteiger partial charge in [-0.3, -0.25) is 9.69 Å². The first kappa shape index (κ1) is 18.8. The molecule has 1 rings (SSSR count).